The predicted molar refractivity (Wildman–Crippen MR) is 64.0 cm³/mol. The third-order valence-corrected chi connectivity index (χ3v) is 4.52. The molecule has 0 bridgehead atoms. The minimum absolute atomic E-state index is 0.129. The van der Waals surface area contributed by atoms with Crippen LogP contribution in [0.1, 0.15) is 58.3 Å². The van der Waals surface area contributed by atoms with Crippen LogP contribution < -0.4 is 0 Å². The normalized spacial score (nSPS) is 34.2. The molecule has 2 heteroatoms. The molecule has 0 spiro atoms. The van der Waals surface area contributed by atoms with E-state index in [1.165, 1.54) is 51.9 Å². The Balaban J connectivity index is 1.80. The van der Waals surface area contributed by atoms with Gasteiger partial charge in [-0.3, -0.25) is 4.79 Å². The highest BCUT2D eigenvalue weighted by Gasteiger charge is 2.34. The summed E-state index contributed by atoms with van der Waals surface area (Å²) in [5.41, 5.74) is 0. The fraction of sp³-hybridized carbons (Fsp3) is 0.929. The number of carbonyl (C=O) groups excluding carboxylic acids is 1. The van der Waals surface area contributed by atoms with E-state index in [0.717, 1.165) is 24.2 Å². The Bertz CT molecular complexity index is 235. The summed E-state index contributed by atoms with van der Waals surface area (Å²) >= 11 is 0. The van der Waals surface area contributed by atoms with Gasteiger partial charge >= 0.3 is 5.97 Å². The monoisotopic (exact) mass is 224 g/mol. The second kappa shape index (κ2) is 5.70. The van der Waals surface area contributed by atoms with Gasteiger partial charge in [-0.05, 0) is 30.6 Å². The zero-order valence-electron chi connectivity index (χ0n) is 10.4. The Morgan fingerprint density at radius 1 is 1.12 bits per heavy atom. The van der Waals surface area contributed by atoms with E-state index in [9.17, 15) is 4.79 Å². The van der Waals surface area contributed by atoms with Crippen molar-refractivity contribution in [1.82, 2.24) is 0 Å². The molecule has 2 aliphatic rings. The van der Waals surface area contributed by atoms with Gasteiger partial charge in [0.05, 0.1) is 6.61 Å². The SMILES string of the molecule is CC(=O)OCCC1CCCC2CCCCC21. The van der Waals surface area contributed by atoms with E-state index in [-0.39, 0.29) is 5.97 Å². The van der Waals surface area contributed by atoms with Crippen molar-refractivity contribution in [2.75, 3.05) is 6.61 Å². The van der Waals surface area contributed by atoms with Crippen molar-refractivity contribution in [3.8, 4) is 0 Å². The first-order valence-corrected chi connectivity index (χ1v) is 6.90. The fourth-order valence-corrected chi connectivity index (χ4v) is 3.78. The van der Waals surface area contributed by atoms with Crippen LogP contribution in [0, 0.1) is 17.8 Å². The smallest absolute Gasteiger partial charge is 0.302 e. The summed E-state index contributed by atoms with van der Waals surface area (Å²) in [5.74, 6) is 2.64. The first kappa shape index (κ1) is 11.9. The molecule has 0 radical (unpaired) electrons. The molecule has 16 heavy (non-hydrogen) atoms. The maximum Gasteiger partial charge on any atom is 0.302 e. The van der Waals surface area contributed by atoms with E-state index >= 15 is 0 Å². The Kier molecular flexibility index (Phi) is 4.25. The van der Waals surface area contributed by atoms with Gasteiger partial charge in [-0.15, -0.1) is 0 Å². The number of hydrogen-bond acceptors (Lipinski definition) is 2. The second-order valence-electron chi connectivity index (χ2n) is 5.53. The molecule has 3 atom stereocenters. The van der Waals surface area contributed by atoms with Crippen molar-refractivity contribution in [3.63, 3.8) is 0 Å². The van der Waals surface area contributed by atoms with Crippen LogP contribution in [0.15, 0.2) is 0 Å². The quantitative estimate of drug-likeness (QED) is 0.685. The van der Waals surface area contributed by atoms with Crippen molar-refractivity contribution in [2.24, 2.45) is 17.8 Å². The molecule has 0 amide bonds. The Morgan fingerprint density at radius 3 is 2.69 bits per heavy atom. The van der Waals surface area contributed by atoms with Gasteiger partial charge in [0, 0.05) is 6.92 Å². The lowest BCUT2D eigenvalue weighted by Crippen LogP contribution is -2.31. The summed E-state index contributed by atoms with van der Waals surface area (Å²) in [6.07, 6.45) is 11.1. The van der Waals surface area contributed by atoms with E-state index in [2.05, 4.69) is 0 Å². The van der Waals surface area contributed by atoms with Crippen LogP contribution in [0.2, 0.25) is 0 Å². The van der Waals surface area contributed by atoms with Crippen LogP contribution in [-0.4, -0.2) is 12.6 Å². The van der Waals surface area contributed by atoms with Gasteiger partial charge in [-0.1, -0.05) is 38.5 Å². The van der Waals surface area contributed by atoms with Crippen molar-refractivity contribution in [2.45, 2.75) is 58.3 Å². The molecule has 2 saturated carbocycles. The van der Waals surface area contributed by atoms with Crippen molar-refractivity contribution in [3.05, 3.63) is 0 Å². The van der Waals surface area contributed by atoms with E-state index < -0.39 is 0 Å². The highest BCUT2D eigenvalue weighted by atomic mass is 16.5. The van der Waals surface area contributed by atoms with Crippen LogP contribution >= 0.6 is 0 Å². The largest absolute Gasteiger partial charge is 0.466 e. The molecule has 2 rings (SSSR count). The van der Waals surface area contributed by atoms with Crippen LogP contribution in [0.4, 0.5) is 0 Å². The maximum absolute atomic E-state index is 10.7. The summed E-state index contributed by atoms with van der Waals surface area (Å²) in [7, 11) is 0. The van der Waals surface area contributed by atoms with Gasteiger partial charge in [-0.25, -0.2) is 0 Å². The molecule has 0 N–H and O–H groups in total. The Morgan fingerprint density at radius 2 is 1.88 bits per heavy atom. The van der Waals surface area contributed by atoms with E-state index in [4.69, 9.17) is 4.74 Å². The summed E-state index contributed by atoms with van der Waals surface area (Å²) in [4.78, 5) is 10.7. The molecule has 0 aliphatic heterocycles. The second-order valence-corrected chi connectivity index (χ2v) is 5.53. The van der Waals surface area contributed by atoms with Crippen LogP contribution in [-0.2, 0) is 9.53 Å². The summed E-state index contributed by atoms with van der Waals surface area (Å²) in [6, 6.07) is 0. The summed E-state index contributed by atoms with van der Waals surface area (Å²) in [5, 5.41) is 0. The van der Waals surface area contributed by atoms with Crippen molar-refractivity contribution in [1.29, 1.82) is 0 Å². The zero-order valence-corrected chi connectivity index (χ0v) is 10.4. The van der Waals surface area contributed by atoms with E-state index in [1.807, 2.05) is 0 Å². The first-order chi connectivity index (χ1) is 7.77. The summed E-state index contributed by atoms with van der Waals surface area (Å²) in [6.45, 7) is 2.15. The predicted octanol–water partition coefficient (Wildman–Crippen LogP) is 3.55. The molecule has 2 fully saturated rings. The third kappa shape index (κ3) is 2.99. The van der Waals surface area contributed by atoms with Crippen LogP contribution in [0.25, 0.3) is 0 Å². The molecule has 0 aromatic carbocycles. The Labute approximate surface area is 98.7 Å². The number of ether oxygens (including phenoxy) is 1. The number of fused-ring (bicyclic) bond motifs is 1. The molecule has 2 nitrogen and oxygen atoms in total. The minimum Gasteiger partial charge on any atom is -0.466 e. The fourth-order valence-electron chi connectivity index (χ4n) is 3.78. The van der Waals surface area contributed by atoms with Crippen LogP contribution in [0.5, 0.6) is 0 Å². The first-order valence-electron chi connectivity index (χ1n) is 6.90. The molecular formula is C14H24O2. The zero-order chi connectivity index (χ0) is 11.4. The van der Waals surface area contributed by atoms with Crippen molar-refractivity contribution >= 4 is 5.97 Å². The standard InChI is InChI=1S/C14H24O2/c1-11(15)16-10-9-13-7-4-6-12-5-2-3-8-14(12)13/h12-14H,2-10H2,1H3. The number of rotatable bonds is 3. The van der Waals surface area contributed by atoms with Gasteiger partial charge in [0.15, 0.2) is 0 Å². The number of hydrogen-bond donors (Lipinski definition) is 0. The van der Waals surface area contributed by atoms with Crippen molar-refractivity contribution < 1.29 is 9.53 Å². The molecule has 0 aromatic heterocycles. The van der Waals surface area contributed by atoms with Gasteiger partial charge in [0.25, 0.3) is 0 Å². The van der Waals surface area contributed by atoms with Gasteiger partial charge in [0.1, 0.15) is 0 Å². The van der Waals surface area contributed by atoms with Gasteiger partial charge in [-0.2, -0.15) is 0 Å². The van der Waals surface area contributed by atoms with E-state index in [0.29, 0.717) is 6.61 Å². The average Bonchev–Trinajstić information content (AvgIpc) is 2.29. The lowest BCUT2D eigenvalue weighted by molar-refractivity contribution is -0.141. The molecule has 92 valence electrons. The lowest BCUT2D eigenvalue weighted by atomic mass is 9.65. The lowest BCUT2D eigenvalue weighted by Gasteiger charge is -2.41. The van der Waals surface area contributed by atoms with Crippen LogP contribution in [0.3, 0.4) is 0 Å². The maximum atomic E-state index is 10.7. The van der Waals surface area contributed by atoms with Gasteiger partial charge < -0.3 is 4.74 Å². The highest BCUT2D eigenvalue weighted by molar-refractivity contribution is 5.65. The molecular weight excluding hydrogens is 200 g/mol. The number of carbonyl (C=O) groups is 1. The number of esters is 1. The molecule has 0 heterocycles. The molecule has 2 aliphatic carbocycles. The Hall–Kier alpha value is -0.530. The minimum atomic E-state index is -0.129. The third-order valence-electron chi connectivity index (χ3n) is 4.52. The highest BCUT2D eigenvalue weighted by Crippen LogP contribution is 2.44. The average molecular weight is 224 g/mol. The van der Waals surface area contributed by atoms with E-state index in [1.54, 1.807) is 0 Å². The van der Waals surface area contributed by atoms with Gasteiger partial charge in [0.2, 0.25) is 0 Å². The molecule has 0 saturated heterocycles. The molecule has 3 unspecified atom stereocenters. The molecule has 0 aromatic rings. The topological polar surface area (TPSA) is 26.3 Å². The summed E-state index contributed by atoms with van der Waals surface area (Å²) < 4.78 is 5.09.